The standard InChI is InChI=1S/C15H17NO4/c1-15(6-7-19-9-15)16-8-11-10-4-2-3-5-12(10)20-13(11)14(17)18/h2-5,16H,6-9H2,1H3,(H,17,18). The molecule has 20 heavy (non-hydrogen) atoms. The molecule has 0 amide bonds. The molecule has 0 bridgehead atoms. The molecule has 2 heterocycles. The zero-order valence-electron chi connectivity index (χ0n) is 11.3. The second kappa shape index (κ2) is 4.92. The van der Waals surface area contributed by atoms with E-state index in [0.29, 0.717) is 24.3 Å². The molecular formula is C15H17NO4. The quantitative estimate of drug-likeness (QED) is 0.896. The van der Waals surface area contributed by atoms with Crippen molar-refractivity contribution in [3.63, 3.8) is 0 Å². The molecule has 1 aliphatic rings. The first kappa shape index (κ1) is 13.1. The molecule has 0 saturated carbocycles. The topological polar surface area (TPSA) is 71.7 Å². The van der Waals surface area contributed by atoms with Crippen molar-refractivity contribution in [1.82, 2.24) is 5.32 Å². The Labute approximate surface area is 116 Å². The number of rotatable bonds is 4. The van der Waals surface area contributed by atoms with Crippen LogP contribution in [0.15, 0.2) is 28.7 Å². The third-order valence-electron chi connectivity index (χ3n) is 3.80. The summed E-state index contributed by atoms with van der Waals surface area (Å²) in [6.45, 7) is 3.92. The highest BCUT2D eigenvalue weighted by Gasteiger charge is 2.30. The van der Waals surface area contributed by atoms with E-state index in [1.807, 2.05) is 18.2 Å². The molecule has 1 aromatic heterocycles. The number of benzene rings is 1. The summed E-state index contributed by atoms with van der Waals surface area (Å²) in [7, 11) is 0. The highest BCUT2D eigenvalue weighted by Crippen LogP contribution is 2.27. The fourth-order valence-corrected chi connectivity index (χ4v) is 2.56. The van der Waals surface area contributed by atoms with Crippen molar-refractivity contribution in [2.45, 2.75) is 25.4 Å². The molecule has 5 heteroatoms. The number of furan rings is 1. The molecule has 2 N–H and O–H groups in total. The van der Waals surface area contributed by atoms with Crippen LogP contribution in [0.25, 0.3) is 11.0 Å². The van der Waals surface area contributed by atoms with E-state index in [4.69, 9.17) is 9.15 Å². The van der Waals surface area contributed by atoms with E-state index in [2.05, 4.69) is 12.2 Å². The van der Waals surface area contributed by atoms with Gasteiger partial charge in [0.25, 0.3) is 0 Å². The maximum absolute atomic E-state index is 11.3. The minimum absolute atomic E-state index is 0.0150. The highest BCUT2D eigenvalue weighted by atomic mass is 16.5. The molecule has 2 aromatic rings. The Morgan fingerprint density at radius 1 is 1.45 bits per heavy atom. The summed E-state index contributed by atoms with van der Waals surface area (Å²) in [5.74, 6) is -1.02. The van der Waals surface area contributed by atoms with Gasteiger partial charge in [-0.05, 0) is 19.4 Å². The number of ether oxygens (including phenoxy) is 1. The lowest BCUT2D eigenvalue weighted by molar-refractivity contribution is 0.0662. The number of hydrogen-bond donors (Lipinski definition) is 2. The molecule has 1 aromatic carbocycles. The Balaban J connectivity index is 1.92. The van der Waals surface area contributed by atoms with Crippen LogP contribution >= 0.6 is 0 Å². The largest absolute Gasteiger partial charge is 0.475 e. The predicted molar refractivity (Wildman–Crippen MR) is 73.9 cm³/mol. The number of carboxylic acids is 1. The first-order valence-electron chi connectivity index (χ1n) is 6.65. The first-order chi connectivity index (χ1) is 9.59. The van der Waals surface area contributed by atoms with Crippen LogP contribution in [-0.4, -0.2) is 29.8 Å². The van der Waals surface area contributed by atoms with Crippen LogP contribution in [0, 0.1) is 0 Å². The molecule has 5 nitrogen and oxygen atoms in total. The third kappa shape index (κ3) is 2.30. The van der Waals surface area contributed by atoms with Crippen molar-refractivity contribution < 1.29 is 19.1 Å². The SMILES string of the molecule is CC1(NCc2c(C(=O)O)oc3ccccc23)CCOC1. The molecule has 1 aliphatic heterocycles. The molecule has 106 valence electrons. The van der Waals surface area contributed by atoms with E-state index in [1.54, 1.807) is 6.07 Å². The molecule has 0 aliphatic carbocycles. The molecule has 0 spiro atoms. The van der Waals surface area contributed by atoms with E-state index >= 15 is 0 Å². The van der Waals surface area contributed by atoms with E-state index in [9.17, 15) is 9.90 Å². The average Bonchev–Trinajstić information content (AvgIpc) is 3.01. The van der Waals surface area contributed by atoms with E-state index in [1.165, 1.54) is 0 Å². The van der Waals surface area contributed by atoms with E-state index in [-0.39, 0.29) is 11.3 Å². The molecular weight excluding hydrogens is 258 g/mol. The first-order valence-corrected chi connectivity index (χ1v) is 6.65. The van der Waals surface area contributed by atoms with Gasteiger partial charge in [-0.1, -0.05) is 18.2 Å². The number of fused-ring (bicyclic) bond motifs is 1. The Hall–Kier alpha value is -1.85. The predicted octanol–water partition coefficient (Wildman–Crippen LogP) is 2.40. The Kier molecular flexibility index (Phi) is 3.23. The summed E-state index contributed by atoms with van der Waals surface area (Å²) in [5, 5.41) is 13.5. The van der Waals surface area contributed by atoms with Gasteiger partial charge in [-0.3, -0.25) is 0 Å². The maximum Gasteiger partial charge on any atom is 0.372 e. The molecule has 1 saturated heterocycles. The van der Waals surface area contributed by atoms with Gasteiger partial charge in [-0.15, -0.1) is 0 Å². The third-order valence-corrected chi connectivity index (χ3v) is 3.80. The van der Waals surface area contributed by atoms with Gasteiger partial charge in [0.2, 0.25) is 5.76 Å². The van der Waals surface area contributed by atoms with Crippen molar-refractivity contribution >= 4 is 16.9 Å². The normalized spacial score (nSPS) is 22.4. The van der Waals surface area contributed by atoms with Crippen LogP contribution in [0.3, 0.4) is 0 Å². The average molecular weight is 275 g/mol. The van der Waals surface area contributed by atoms with Crippen molar-refractivity contribution in [1.29, 1.82) is 0 Å². The number of carboxylic acid groups (broad SMARTS) is 1. The zero-order valence-corrected chi connectivity index (χ0v) is 11.3. The fraction of sp³-hybridized carbons (Fsp3) is 0.400. The van der Waals surface area contributed by atoms with Crippen LogP contribution in [0.2, 0.25) is 0 Å². The van der Waals surface area contributed by atoms with Gasteiger partial charge < -0.3 is 19.6 Å². The lowest BCUT2D eigenvalue weighted by Crippen LogP contribution is -2.42. The van der Waals surface area contributed by atoms with Gasteiger partial charge >= 0.3 is 5.97 Å². The molecule has 1 fully saturated rings. The lowest BCUT2D eigenvalue weighted by atomic mass is 10.0. The smallest absolute Gasteiger partial charge is 0.372 e. The Morgan fingerprint density at radius 2 is 2.25 bits per heavy atom. The second-order valence-corrected chi connectivity index (χ2v) is 5.43. The van der Waals surface area contributed by atoms with Gasteiger partial charge in [-0.25, -0.2) is 4.79 Å². The van der Waals surface area contributed by atoms with E-state index in [0.717, 1.165) is 18.4 Å². The number of nitrogens with one attached hydrogen (secondary N) is 1. The van der Waals surface area contributed by atoms with Gasteiger partial charge in [0, 0.05) is 29.6 Å². The summed E-state index contributed by atoms with van der Waals surface area (Å²) in [5.41, 5.74) is 1.20. The maximum atomic E-state index is 11.3. The number of aromatic carboxylic acids is 1. The van der Waals surface area contributed by atoms with Crippen LogP contribution in [0.4, 0.5) is 0 Å². The molecule has 1 unspecified atom stereocenters. The molecule has 0 radical (unpaired) electrons. The Bertz CT molecular complexity index is 640. The summed E-state index contributed by atoms with van der Waals surface area (Å²) < 4.78 is 10.8. The van der Waals surface area contributed by atoms with Crippen molar-refractivity contribution in [2.24, 2.45) is 0 Å². The van der Waals surface area contributed by atoms with Crippen LogP contribution < -0.4 is 5.32 Å². The Morgan fingerprint density at radius 3 is 2.95 bits per heavy atom. The molecule has 3 rings (SSSR count). The fourth-order valence-electron chi connectivity index (χ4n) is 2.56. The minimum Gasteiger partial charge on any atom is -0.475 e. The molecule has 1 atom stereocenters. The van der Waals surface area contributed by atoms with Crippen LogP contribution in [-0.2, 0) is 11.3 Å². The number of hydrogen-bond acceptors (Lipinski definition) is 4. The van der Waals surface area contributed by atoms with Gasteiger partial charge in [0.15, 0.2) is 0 Å². The minimum atomic E-state index is -1.04. The van der Waals surface area contributed by atoms with Crippen molar-refractivity contribution in [2.75, 3.05) is 13.2 Å². The highest BCUT2D eigenvalue weighted by molar-refractivity contribution is 5.95. The zero-order chi connectivity index (χ0) is 14.2. The van der Waals surface area contributed by atoms with Gasteiger partial charge in [0.1, 0.15) is 5.58 Å². The number of para-hydroxylation sites is 1. The summed E-state index contributed by atoms with van der Waals surface area (Å²) in [6, 6.07) is 7.38. The lowest BCUT2D eigenvalue weighted by Gasteiger charge is -2.23. The second-order valence-electron chi connectivity index (χ2n) is 5.43. The van der Waals surface area contributed by atoms with Crippen LogP contribution in [0.5, 0.6) is 0 Å². The summed E-state index contributed by atoms with van der Waals surface area (Å²) >= 11 is 0. The van der Waals surface area contributed by atoms with Gasteiger partial charge in [-0.2, -0.15) is 0 Å². The van der Waals surface area contributed by atoms with Crippen molar-refractivity contribution in [3.8, 4) is 0 Å². The summed E-state index contributed by atoms with van der Waals surface area (Å²) in [6.07, 6.45) is 0.922. The monoisotopic (exact) mass is 275 g/mol. The van der Waals surface area contributed by atoms with Crippen molar-refractivity contribution in [3.05, 3.63) is 35.6 Å². The summed E-state index contributed by atoms with van der Waals surface area (Å²) in [4.78, 5) is 11.3. The van der Waals surface area contributed by atoms with Gasteiger partial charge in [0.05, 0.1) is 6.61 Å². The number of carbonyl (C=O) groups is 1. The van der Waals surface area contributed by atoms with E-state index < -0.39 is 5.97 Å². The van der Waals surface area contributed by atoms with Crippen LogP contribution in [0.1, 0.15) is 29.5 Å².